The Hall–Kier alpha value is -2.29. The van der Waals surface area contributed by atoms with Crippen molar-refractivity contribution in [2.75, 3.05) is 12.9 Å². The van der Waals surface area contributed by atoms with E-state index in [2.05, 4.69) is 9.97 Å². The van der Waals surface area contributed by atoms with E-state index < -0.39 is 17.4 Å². The molecule has 1 N–H and O–H groups in total. The van der Waals surface area contributed by atoms with Crippen LogP contribution in [0.1, 0.15) is 16.1 Å². The number of nitrogens with zero attached hydrogens (tertiary/aromatic N) is 1. The van der Waals surface area contributed by atoms with Gasteiger partial charge in [0.25, 0.3) is 5.56 Å². The summed E-state index contributed by atoms with van der Waals surface area (Å²) >= 11 is 0.724. The number of Topliss-reactive ketones (excluding diaryl/α,β-unsaturated/α-hetero) is 1. The van der Waals surface area contributed by atoms with Gasteiger partial charge in [-0.2, -0.15) is 13.2 Å². The van der Waals surface area contributed by atoms with Crippen molar-refractivity contribution in [3.05, 3.63) is 51.9 Å². The molecular weight excluding hydrogens is 333 g/mol. The van der Waals surface area contributed by atoms with Gasteiger partial charge in [0.1, 0.15) is 5.75 Å². The molecule has 122 valence electrons. The number of nitrogens with one attached hydrogen (secondary N) is 1. The molecule has 2 aromatic rings. The third kappa shape index (κ3) is 4.59. The summed E-state index contributed by atoms with van der Waals surface area (Å²) in [6.07, 6.45) is -4.72. The number of ether oxygens (including phenoxy) is 1. The predicted octanol–water partition coefficient (Wildman–Crippen LogP) is 2.77. The van der Waals surface area contributed by atoms with Crippen molar-refractivity contribution in [3.63, 3.8) is 0 Å². The minimum Gasteiger partial charge on any atom is -0.497 e. The highest BCUT2D eigenvalue weighted by atomic mass is 32.2. The minimum absolute atomic E-state index is 0.169. The zero-order chi connectivity index (χ0) is 17.0. The molecule has 0 aliphatic carbocycles. The minimum atomic E-state index is -4.72. The van der Waals surface area contributed by atoms with Gasteiger partial charge in [-0.1, -0.05) is 23.9 Å². The number of H-pyrrole nitrogens is 1. The van der Waals surface area contributed by atoms with Crippen molar-refractivity contribution in [1.29, 1.82) is 0 Å². The number of hydrogen-bond acceptors (Lipinski definition) is 5. The van der Waals surface area contributed by atoms with Crippen LogP contribution in [0.2, 0.25) is 0 Å². The van der Waals surface area contributed by atoms with Crippen molar-refractivity contribution in [3.8, 4) is 5.75 Å². The number of hydrogen-bond donors (Lipinski definition) is 1. The third-order valence-electron chi connectivity index (χ3n) is 2.74. The zero-order valence-corrected chi connectivity index (χ0v) is 12.6. The summed E-state index contributed by atoms with van der Waals surface area (Å²) in [6, 6.07) is 6.74. The quantitative estimate of drug-likeness (QED) is 0.513. The Morgan fingerprint density at radius 2 is 2.09 bits per heavy atom. The number of rotatable bonds is 5. The lowest BCUT2D eigenvalue weighted by Gasteiger charge is -2.07. The summed E-state index contributed by atoms with van der Waals surface area (Å²) in [5, 5.41) is -0.263. The molecule has 0 saturated heterocycles. The number of carbonyl (C=O) groups is 1. The van der Waals surface area contributed by atoms with Crippen LogP contribution in [0.25, 0.3) is 0 Å². The van der Waals surface area contributed by atoms with Gasteiger partial charge in [-0.3, -0.25) is 9.59 Å². The molecule has 0 saturated carbocycles. The van der Waals surface area contributed by atoms with Gasteiger partial charge in [-0.05, 0) is 12.1 Å². The maximum Gasteiger partial charge on any atom is 0.433 e. The van der Waals surface area contributed by atoms with Crippen LogP contribution in [0.4, 0.5) is 13.2 Å². The first-order valence-corrected chi connectivity index (χ1v) is 7.27. The molecule has 23 heavy (non-hydrogen) atoms. The van der Waals surface area contributed by atoms with E-state index in [0.29, 0.717) is 17.4 Å². The third-order valence-corrected chi connectivity index (χ3v) is 3.62. The molecule has 1 aromatic heterocycles. The first kappa shape index (κ1) is 17.1. The van der Waals surface area contributed by atoms with Gasteiger partial charge in [0.15, 0.2) is 16.6 Å². The second-order valence-corrected chi connectivity index (χ2v) is 5.34. The van der Waals surface area contributed by atoms with Crippen LogP contribution in [-0.2, 0) is 6.18 Å². The van der Waals surface area contributed by atoms with Gasteiger partial charge in [-0.15, -0.1) is 0 Å². The maximum atomic E-state index is 12.6. The second kappa shape index (κ2) is 6.86. The fourth-order valence-corrected chi connectivity index (χ4v) is 2.43. The van der Waals surface area contributed by atoms with E-state index in [1.165, 1.54) is 13.2 Å². The van der Waals surface area contributed by atoms with Crippen LogP contribution < -0.4 is 10.3 Å². The number of methoxy groups -OCH3 is 1. The summed E-state index contributed by atoms with van der Waals surface area (Å²) in [4.78, 5) is 28.8. The van der Waals surface area contributed by atoms with Crippen molar-refractivity contribution in [1.82, 2.24) is 9.97 Å². The number of benzene rings is 1. The lowest BCUT2D eigenvalue weighted by Crippen LogP contribution is -2.17. The highest BCUT2D eigenvalue weighted by Crippen LogP contribution is 2.27. The largest absolute Gasteiger partial charge is 0.497 e. The molecule has 5 nitrogen and oxygen atoms in total. The van der Waals surface area contributed by atoms with Crippen molar-refractivity contribution >= 4 is 17.5 Å². The summed E-state index contributed by atoms with van der Waals surface area (Å²) in [5.41, 5.74) is -1.87. The zero-order valence-electron chi connectivity index (χ0n) is 11.8. The molecule has 0 aliphatic heterocycles. The molecule has 1 aromatic carbocycles. The molecule has 0 amide bonds. The van der Waals surface area contributed by atoms with Gasteiger partial charge in [0, 0.05) is 11.6 Å². The summed E-state index contributed by atoms with van der Waals surface area (Å²) < 4.78 is 42.8. The van der Waals surface area contributed by atoms with E-state index in [1.807, 2.05) is 0 Å². The van der Waals surface area contributed by atoms with Crippen LogP contribution >= 0.6 is 11.8 Å². The summed E-state index contributed by atoms with van der Waals surface area (Å²) in [5.74, 6) is -0.00218. The SMILES string of the molecule is COc1cccc(C(=O)CSc2nc(C(F)(F)F)cc(=O)[nH]2)c1. The molecule has 0 fully saturated rings. The standard InChI is InChI=1S/C14H11F3N2O3S/c1-22-9-4-2-3-8(5-9)10(20)7-23-13-18-11(14(15,16)17)6-12(21)19-13/h2-6H,7H2,1H3,(H,18,19,21). The smallest absolute Gasteiger partial charge is 0.433 e. The molecule has 0 unspecified atom stereocenters. The second-order valence-electron chi connectivity index (χ2n) is 4.38. The van der Waals surface area contributed by atoms with Gasteiger partial charge >= 0.3 is 6.18 Å². The topological polar surface area (TPSA) is 72.0 Å². The molecule has 0 bridgehead atoms. The van der Waals surface area contributed by atoms with E-state index in [9.17, 15) is 22.8 Å². The Bertz CT molecular complexity index is 774. The first-order chi connectivity index (χ1) is 10.8. The number of alkyl halides is 3. The highest BCUT2D eigenvalue weighted by molar-refractivity contribution is 7.99. The number of aromatic nitrogens is 2. The van der Waals surface area contributed by atoms with Crippen LogP contribution in [0.5, 0.6) is 5.75 Å². The Labute approximate surface area is 132 Å². The highest BCUT2D eigenvalue weighted by Gasteiger charge is 2.33. The van der Waals surface area contributed by atoms with E-state index in [0.717, 1.165) is 11.8 Å². The summed E-state index contributed by atoms with van der Waals surface area (Å²) in [7, 11) is 1.45. The normalized spacial score (nSPS) is 11.3. The molecule has 0 aliphatic rings. The predicted molar refractivity (Wildman–Crippen MR) is 77.9 cm³/mol. The van der Waals surface area contributed by atoms with Crippen LogP contribution in [-0.4, -0.2) is 28.6 Å². The van der Waals surface area contributed by atoms with Crippen LogP contribution in [0.15, 0.2) is 40.3 Å². The van der Waals surface area contributed by atoms with Gasteiger partial charge < -0.3 is 9.72 Å². The van der Waals surface area contributed by atoms with E-state index in [-0.39, 0.29) is 16.7 Å². The number of halogens is 3. The van der Waals surface area contributed by atoms with Crippen molar-refractivity contribution < 1.29 is 22.7 Å². The van der Waals surface area contributed by atoms with E-state index >= 15 is 0 Å². The van der Waals surface area contributed by atoms with Crippen molar-refractivity contribution in [2.45, 2.75) is 11.3 Å². The lowest BCUT2D eigenvalue weighted by atomic mass is 10.1. The van der Waals surface area contributed by atoms with Gasteiger partial charge in [-0.25, -0.2) is 4.98 Å². The molecule has 0 spiro atoms. The first-order valence-electron chi connectivity index (χ1n) is 6.28. The molecular formula is C14H11F3N2O3S. The molecule has 2 rings (SSSR count). The Balaban J connectivity index is 2.13. The molecule has 1 heterocycles. The molecule has 9 heteroatoms. The summed E-state index contributed by atoms with van der Waals surface area (Å²) in [6.45, 7) is 0. The number of aromatic amines is 1. The number of carbonyl (C=O) groups excluding carboxylic acids is 1. The fraction of sp³-hybridized carbons (Fsp3) is 0.214. The Morgan fingerprint density at radius 3 is 2.74 bits per heavy atom. The number of thioether (sulfide) groups is 1. The average molecular weight is 344 g/mol. The molecule has 0 atom stereocenters. The monoisotopic (exact) mass is 344 g/mol. The average Bonchev–Trinajstić information content (AvgIpc) is 2.51. The van der Waals surface area contributed by atoms with Crippen LogP contribution in [0, 0.1) is 0 Å². The number of ketones is 1. The van der Waals surface area contributed by atoms with E-state index in [4.69, 9.17) is 4.74 Å². The van der Waals surface area contributed by atoms with Gasteiger partial charge in [0.05, 0.1) is 12.9 Å². The maximum absolute atomic E-state index is 12.6. The Morgan fingerprint density at radius 1 is 1.35 bits per heavy atom. The van der Waals surface area contributed by atoms with E-state index in [1.54, 1.807) is 18.2 Å². The molecule has 0 radical (unpaired) electrons. The fourth-order valence-electron chi connectivity index (χ4n) is 1.66. The van der Waals surface area contributed by atoms with Gasteiger partial charge in [0.2, 0.25) is 0 Å². The lowest BCUT2D eigenvalue weighted by molar-refractivity contribution is -0.141. The Kier molecular flexibility index (Phi) is 5.09. The van der Waals surface area contributed by atoms with Crippen molar-refractivity contribution in [2.24, 2.45) is 0 Å². The van der Waals surface area contributed by atoms with Crippen LogP contribution in [0.3, 0.4) is 0 Å².